The first kappa shape index (κ1) is 36.9. The second kappa shape index (κ2) is 14.6. The van der Waals surface area contributed by atoms with Crippen molar-refractivity contribution in [3.63, 3.8) is 0 Å². The van der Waals surface area contributed by atoms with Crippen LogP contribution >= 0.6 is 0 Å². The number of benzene rings is 2. The highest BCUT2D eigenvalue weighted by molar-refractivity contribution is 5.88. The number of ether oxygens (including phenoxy) is 4. The van der Waals surface area contributed by atoms with Crippen molar-refractivity contribution in [3.8, 4) is 28.1 Å². The van der Waals surface area contributed by atoms with Crippen LogP contribution < -0.4 is 9.64 Å². The molecule has 2 aromatic carbocycles. The van der Waals surface area contributed by atoms with E-state index in [1.807, 2.05) is 38.4 Å². The van der Waals surface area contributed by atoms with E-state index in [-0.39, 0.29) is 11.7 Å². The number of nitrogens with zero attached hydrogens (tertiary/aromatic N) is 3. The summed E-state index contributed by atoms with van der Waals surface area (Å²) in [5.41, 5.74) is 7.97. The predicted molar refractivity (Wildman–Crippen MR) is 205 cm³/mol. The summed E-state index contributed by atoms with van der Waals surface area (Å²) in [6.07, 6.45) is 4.98. The molecular weight excluding hydrogens is 638 g/mol. The van der Waals surface area contributed by atoms with Crippen molar-refractivity contribution in [2.75, 3.05) is 31.7 Å². The van der Waals surface area contributed by atoms with Crippen LogP contribution in [0, 0.1) is 25.7 Å². The highest BCUT2D eigenvalue weighted by atomic mass is 16.6. The zero-order valence-corrected chi connectivity index (χ0v) is 32.3. The highest BCUT2D eigenvalue weighted by Gasteiger charge is 2.39. The standard InChI is InChI=1S/C43H57N3O5/c1-27(2)36-16-15-29(4)26-49-37-17-14-28(3)22-33(37)31-12-11-13-32(23-31)34-24-35-39(45-20-18-43(9,50-36)19-21-45)38(30(5)25-46(35)44-34)40(41(47)48-10)51-42(6,7)8/h11-14,17,22-25,27,29,36,40H,15-16,18-21,26H2,1-10H3. The number of anilines is 1. The lowest BCUT2D eigenvalue weighted by molar-refractivity contribution is -0.164. The Morgan fingerprint density at radius 1 is 1.02 bits per heavy atom. The lowest BCUT2D eigenvalue weighted by atomic mass is 9.89. The van der Waals surface area contributed by atoms with Gasteiger partial charge in [-0.15, -0.1) is 0 Å². The van der Waals surface area contributed by atoms with Crippen molar-refractivity contribution in [2.45, 2.75) is 111 Å². The number of esters is 1. The SMILES string of the molecule is COC(=O)C(OC(C)(C)C)c1c(C)cn2nc3cc2c1N1CCC(C)(CC1)OC(C(C)C)CCC(C)COc1ccc(C)cc1-c1cccc-3c1. The molecule has 3 aliphatic rings. The van der Waals surface area contributed by atoms with Gasteiger partial charge in [-0.25, -0.2) is 9.31 Å². The summed E-state index contributed by atoms with van der Waals surface area (Å²) in [6, 6.07) is 17.1. The van der Waals surface area contributed by atoms with E-state index in [4.69, 9.17) is 24.0 Å². The molecule has 2 aromatic heterocycles. The maximum absolute atomic E-state index is 13.5. The summed E-state index contributed by atoms with van der Waals surface area (Å²) in [4.78, 5) is 16.0. The molecule has 1 saturated heterocycles. The molecule has 0 saturated carbocycles. The van der Waals surface area contributed by atoms with Crippen LogP contribution in [0.15, 0.2) is 54.7 Å². The number of carbonyl (C=O) groups is 1. The topological polar surface area (TPSA) is 74.5 Å². The highest BCUT2D eigenvalue weighted by Crippen LogP contribution is 2.43. The molecule has 0 radical (unpaired) electrons. The normalized spacial score (nSPS) is 22.1. The molecular formula is C43H57N3O5. The summed E-state index contributed by atoms with van der Waals surface area (Å²) in [5.74, 6) is 1.24. The van der Waals surface area contributed by atoms with E-state index in [0.29, 0.717) is 18.4 Å². The van der Waals surface area contributed by atoms with Crippen LogP contribution in [0.5, 0.6) is 5.75 Å². The number of aromatic nitrogens is 2. The first-order valence-electron chi connectivity index (χ1n) is 18.7. The Balaban J connectivity index is 1.54. The van der Waals surface area contributed by atoms with Crippen molar-refractivity contribution < 1.29 is 23.7 Å². The Morgan fingerprint density at radius 2 is 1.75 bits per heavy atom. The smallest absolute Gasteiger partial charge is 0.339 e. The first-order valence-corrected chi connectivity index (χ1v) is 18.7. The number of hydrogen-bond acceptors (Lipinski definition) is 7. The number of fused-ring (bicyclic) bond motifs is 8. The number of carbonyl (C=O) groups excluding carboxylic acids is 1. The van der Waals surface area contributed by atoms with Gasteiger partial charge in [0.2, 0.25) is 0 Å². The minimum atomic E-state index is -0.904. The lowest BCUT2D eigenvalue weighted by Gasteiger charge is -2.44. The number of pyridine rings is 1. The van der Waals surface area contributed by atoms with Gasteiger partial charge in [-0.1, -0.05) is 50.6 Å². The van der Waals surface area contributed by atoms with E-state index in [1.165, 1.54) is 12.7 Å². The van der Waals surface area contributed by atoms with Crippen LogP contribution in [0.25, 0.3) is 27.9 Å². The van der Waals surface area contributed by atoms with E-state index in [2.05, 4.69) is 88.0 Å². The Kier molecular flexibility index (Phi) is 10.6. The third-order valence-corrected chi connectivity index (χ3v) is 10.5. The fraction of sp³-hybridized carbons (Fsp3) is 0.535. The second-order valence-corrected chi connectivity index (χ2v) is 16.5. The molecule has 3 aliphatic heterocycles. The minimum absolute atomic E-state index is 0.148. The van der Waals surface area contributed by atoms with Crippen LogP contribution in [0.3, 0.4) is 0 Å². The summed E-state index contributed by atoms with van der Waals surface area (Å²) in [6.45, 7) is 21.3. The molecule has 7 rings (SSSR count). The molecule has 8 heteroatoms. The van der Waals surface area contributed by atoms with Gasteiger partial charge in [0.15, 0.2) is 6.10 Å². The van der Waals surface area contributed by atoms with Gasteiger partial charge in [0.05, 0.1) is 47.9 Å². The van der Waals surface area contributed by atoms with Gasteiger partial charge in [0, 0.05) is 36.0 Å². The Hall–Kier alpha value is -3.88. The van der Waals surface area contributed by atoms with Crippen LogP contribution in [0.2, 0.25) is 0 Å². The summed E-state index contributed by atoms with van der Waals surface area (Å²) >= 11 is 0. The van der Waals surface area contributed by atoms with E-state index >= 15 is 0 Å². The van der Waals surface area contributed by atoms with Gasteiger partial charge in [-0.2, -0.15) is 5.10 Å². The van der Waals surface area contributed by atoms with E-state index in [1.54, 1.807) is 0 Å². The van der Waals surface area contributed by atoms with Gasteiger partial charge in [0.25, 0.3) is 0 Å². The summed E-state index contributed by atoms with van der Waals surface area (Å²) in [5, 5.41) is 5.15. The molecule has 1 fully saturated rings. The van der Waals surface area contributed by atoms with Gasteiger partial charge >= 0.3 is 5.97 Å². The number of piperidine rings is 1. The number of hydrogen-bond donors (Lipinski definition) is 0. The van der Waals surface area contributed by atoms with Crippen LogP contribution in [0.1, 0.15) is 96.9 Å². The molecule has 8 nitrogen and oxygen atoms in total. The number of aryl methyl sites for hydroxylation is 2. The zero-order valence-electron chi connectivity index (χ0n) is 32.3. The average Bonchev–Trinajstić information content (AvgIpc) is 3.51. The van der Waals surface area contributed by atoms with Crippen LogP contribution in [-0.4, -0.2) is 59.7 Å². The average molecular weight is 696 g/mol. The van der Waals surface area contributed by atoms with Crippen LogP contribution in [-0.2, 0) is 19.0 Å². The van der Waals surface area contributed by atoms with Crippen LogP contribution in [0.4, 0.5) is 5.69 Å². The second-order valence-electron chi connectivity index (χ2n) is 16.5. The molecule has 3 atom stereocenters. The number of methoxy groups -OCH3 is 1. The first-order chi connectivity index (χ1) is 24.1. The van der Waals surface area contributed by atoms with E-state index in [0.717, 1.165) is 89.2 Å². The lowest BCUT2D eigenvalue weighted by Crippen LogP contribution is -2.47. The zero-order chi connectivity index (χ0) is 36.7. The molecule has 51 heavy (non-hydrogen) atoms. The summed E-state index contributed by atoms with van der Waals surface area (Å²) < 4.78 is 27.5. The molecule has 0 aliphatic carbocycles. The summed E-state index contributed by atoms with van der Waals surface area (Å²) in [7, 11) is 1.43. The molecule has 0 spiro atoms. The van der Waals surface area contributed by atoms with E-state index < -0.39 is 17.7 Å². The van der Waals surface area contributed by atoms with Gasteiger partial charge < -0.3 is 23.8 Å². The van der Waals surface area contributed by atoms with Crippen molar-refractivity contribution in [1.29, 1.82) is 0 Å². The molecule has 5 heterocycles. The Morgan fingerprint density at radius 3 is 2.43 bits per heavy atom. The maximum atomic E-state index is 13.5. The fourth-order valence-electron chi connectivity index (χ4n) is 7.56. The van der Waals surface area contributed by atoms with Gasteiger partial charge in [-0.05, 0) is 114 Å². The predicted octanol–water partition coefficient (Wildman–Crippen LogP) is 9.52. The monoisotopic (exact) mass is 695 g/mol. The third-order valence-electron chi connectivity index (χ3n) is 10.5. The molecule has 3 unspecified atom stereocenters. The molecule has 4 aromatic rings. The molecule has 0 N–H and O–H groups in total. The molecule has 274 valence electrons. The van der Waals surface area contributed by atoms with Crippen molar-refractivity contribution in [1.82, 2.24) is 9.61 Å². The molecule has 6 bridgehead atoms. The quantitative estimate of drug-likeness (QED) is 0.197. The van der Waals surface area contributed by atoms with Crippen molar-refractivity contribution >= 4 is 17.2 Å². The Labute approximate surface area is 304 Å². The number of rotatable bonds is 4. The third kappa shape index (κ3) is 8.12. The van der Waals surface area contributed by atoms with Crippen molar-refractivity contribution in [2.24, 2.45) is 11.8 Å². The minimum Gasteiger partial charge on any atom is -0.493 e. The van der Waals surface area contributed by atoms with Gasteiger partial charge in [-0.3, -0.25) is 0 Å². The maximum Gasteiger partial charge on any atom is 0.339 e. The largest absolute Gasteiger partial charge is 0.493 e. The van der Waals surface area contributed by atoms with Gasteiger partial charge in [0.1, 0.15) is 5.75 Å². The molecule has 0 amide bonds. The fourth-order valence-corrected chi connectivity index (χ4v) is 7.56. The van der Waals surface area contributed by atoms with E-state index in [9.17, 15) is 4.79 Å². The van der Waals surface area contributed by atoms with Crippen molar-refractivity contribution in [3.05, 3.63) is 71.4 Å². The Bertz CT molecular complexity index is 1860.